The molecular weight excluding hydrogens is 338 g/mol. The van der Waals surface area contributed by atoms with Crippen LogP contribution in [0.5, 0.6) is 5.75 Å². The minimum Gasteiger partial charge on any atom is -0.490 e. The maximum absolute atomic E-state index is 12.3. The van der Waals surface area contributed by atoms with E-state index in [1.807, 2.05) is 28.9 Å². The first-order valence-electron chi connectivity index (χ1n) is 8.14. The summed E-state index contributed by atoms with van der Waals surface area (Å²) in [4.78, 5) is 14.0. The van der Waals surface area contributed by atoms with Crippen molar-refractivity contribution in [3.05, 3.63) is 42.5 Å². The zero-order valence-corrected chi connectivity index (χ0v) is 15.0. The Balaban J connectivity index is 1.48. The van der Waals surface area contributed by atoms with Crippen molar-refractivity contribution in [1.82, 2.24) is 25.1 Å². The van der Waals surface area contributed by atoms with Crippen LogP contribution in [0.25, 0.3) is 0 Å². The van der Waals surface area contributed by atoms with Crippen molar-refractivity contribution < 1.29 is 9.53 Å². The molecule has 1 saturated carbocycles. The smallest absolute Gasteiger partial charge is 0.233 e. The van der Waals surface area contributed by atoms with Crippen LogP contribution in [0.3, 0.4) is 0 Å². The van der Waals surface area contributed by atoms with Gasteiger partial charge in [-0.15, -0.1) is 5.10 Å². The van der Waals surface area contributed by atoms with Crippen LogP contribution in [-0.2, 0) is 11.3 Å². The lowest BCUT2D eigenvalue weighted by Crippen LogP contribution is -2.27. The molecular formula is C17H21N5O2S. The highest BCUT2D eigenvalue weighted by Crippen LogP contribution is 2.36. The molecule has 132 valence electrons. The second-order valence-electron chi connectivity index (χ2n) is 5.92. The maximum atomic E-state index is 12.3. The van der Waals surface area contributed by atoms with Gasteiger partial charge in [0.15, 0.2) is 0 Å². The van der Waals surface area contributed by atoms with E-state index in [0.29, 0.717) is 30.1 Å². The Morgan fingerprint density at radius 3 is 2.88 bits per heavy atom. The molecule has 1 aliphatic carbocycles. The van der Waals surface area contributed by atoms with Crippen LogP contribution in [-0.4, -0.2) is 50.4 Å². The molecule has 1 amide bonds. The summed E-state index contributed by atoms with van der Waals surface area (Å²) in [7, 11) is 1.80. The van der Waals surface area contributed by atoms with E-state index in [1.54, 1.807) is 18.0 Å². The molecule has 0 saturated heterocycles. The lowest BCUT2D eigenvalue weighted by Gasteiger charge is -2.17. The molecule has 25 heavy (non-hydrogen) atoms. The number of thioether (sulfide) groups is 1. The number of tetrazole rings is 1. The van der Waals surface area contributed by atoms with Gasteiger partial charge in [0, 0.05) is 13.6 Å². The minimum absolute atomic E-state index is 0.0438. The Kier molecular flexibility index (Phi) is 5.70. The Bertz CT molecular complexity index is 727. The molecule has 0 spiro atoms. The second-order valence-corrected chi connectivity index (χ2v) is 6.86. The fourth-order valence-electron chi connectivity index (χ4n) is 2.27. The number of benzene rings is 1. The first kappa shape index (κ1) is 17.5. The van der Waals surface area contributed by atoms with Crippen LogP contribution in [0.15, 0.2) is 42.1 Å². The highest BCUT2D eigenvalue weighted by molar-refractivity contribution is 7.99. The molecule has 0 aliphatic heterocycles. The molecule has 2 aromatic rings. The standard InChI is InChI=1S/C17H21N5O2S/c1-3-10-24-15-8-4-13(5-9-15)11-21(2)16(23)12-25-17-18-19-20-22(17)14-6-7-14/h3-5,8-9,14H,1,6-7,10-12H2,2H3. The number of ether oxygens (including phenoxy) is 1. The molecule has 0 atom stereocenters. The molecule has 1 fully saturated rings. The van der Waals surface area contributed by atoms with E-state index in [4.69, 9.17) is 4.74 Å². The van der Waals surface area contributed by atoms with Gasteiger partial charge in [0.2, 0.25) is 11.1 Å². The number of amides is 1. The van der Waals surface area contributed by atoms with E-state index in [1.165, 1.54) is 11.8 Å². The van der Waals surface area contributed by atoms with Gasteiger partial charge in [-0.3, -0.25) is 4.79 Å². The number of rotatable bonds is 9. The van der Waals surface area contributed by atoms with E-state index >= 15 is 0 Å². The molecule has 1 aromatic heterocycles. The lowest BCUT2D eigenvalue weighted by atomic mass is 10.2. The third kappa shape index (κ3) is 4.82. The third-order valence-corrected chi connectivity index (χ3v) is 4.74. The molecule has 0 unspecified atom stereocenters. The molecule has 7 nitrogen and oxygen atoms in total. The molecule has 0 N–H and O–H groups in total. The normalized spacial score (nSPS) is 13.5. The van der Waals surface area contributed by atoms with Crippen molar-refractivity contribution in [1.29, 1.82) is 0 Å². The van der Waals surface area contributed by atoms with Gasteiger partial charge >= 0.3 is 0 Å². The van der Waals surface area contributed by atoms with Gasteiger partial charge in [-0.1, -0.05) is 36.5 Å². The van der Waals surface area contributed by atoms with Gasteiger partial charge < -0.3 is 9.64 Å². The summed E-state index contributed by atoms with van der Waals surface area (Å²) < 4.78 is 7.27. The maximum Gasteiger partial charge on any atom is 0.233 e. The van der Waals surface area contributed by atoms with Crippen LogP contribution < -0.4 is 4.74 Å². The summed E-state index contributed by atoms with van der Waals surface area (Å²) >= 11 is 1.39. The van der Waals surface area contributed by atoms with Crippen molar-refractivity contribution in [2.24, 2.45) is 0 Å². The van der Waals surface area contributed by atoms with Gasteiger partial charge in [0.05, 0.1) is 11.8 Å². The summed E-state index contributed by atoms with van der Waals surface area (Å²) in [5.41, 5.74) is 1.05. The Morgan fingerprint density at radius 1 is 1.44 bits per heavy atom. The highest BCUT2D eigenvalue weighted by Gasteiger charge is 2.28. The molecule has 1 aromatic carbocycles. The van der Waals surface area contributed by atoms with Crippen molar-refractivity contribution in [2.75, 3.05) is 19.4 Å². The monoisotopic (exact) mass is 359 g/mol. The topological polar surface area (TPSA) is 73.1 Å². The van der Waals surface area contributed by atoms with Gasteiger partial charge in [-0.2, -0.15) is 0 Å². The number of nitrogens with zero attached hydrogens (tertiary/aromatic N) is 5. The summed E-state index contributed by atoms with van der Waals surface area (Å²) in [5.74, 6) is 1.16. The first-order chi connectivity index (χ1) is 12.2. The van der Waals surface area contributed by atoms with Crippen molar-refractivity contribution in [3.8, 4) is 5.75 Å². The molecule has 0 bridgehead atoms. The Hall–Kier alpha value is -2.35. The zero-order chi connectivity index (χ0) is 17.6. The van der Waals surface area contributed by atoms with Crippen molar-refractivity contribution >= 4 is 17.7 Å². The molecule has 8 heteroatoms. The van der Waals surface area contributed by atoms with Gasteiger partial charge in [0.25, 0.3) is 0 Å². The van der Waals surface area contributed by atoms with Crippen LogP contribution in [0.2, 0.25) is 0 Å². The quantitative estimate of drug-likeness (QED) is 0.505. The summed E-state index contributed by atoms with van der Waals surface area (Å²) in [5, 5.41) is 12.4. The average Bonchev–Trinajstić information content (AvgIpc) is 3.37. The summed E-state index contributed by atoms with van der Waals surface area (Å²) in [6.45, 7) is 4.65. The van der Waals surface area contributed by atoms with Crippen LogP contribution in [0, 0.1) is 0 Å². The van der Waals surface area contributed by atoms with Crippen molar-refractivity contribution in [2.45, 2.75) is 30.6 Å². The number of carbonyl (C=O) groups excluding carboxylic acids is 1. The minimum atomic E-state index is 0.0438. The fourth-order valence-corrected chi connectivity index (χ4v) is 3.16. The largest absolute Gasteiger partial charge is 0.490 e. The summed E-state index contributed by atoms with van der Waals surface area (Å²) in [6.07, 6.45) is 3.93. The van der Waals surface area contributed by atoms with Gasteiger partial charge in [-0.25, -0.2) is 4.68 Å². The van der Waals surface area contributed by atoms with E-state index in [0.717, 1.165) is 24.2 Å². The number of hydrogen-bond acceptors (Lipinski definition) is 6. The van der Waals surface area contributed by atoms with E-state index < -0.39 is 0 Å². The van der Waals surface area contributed by atoms with E-state index in [2.05, 4.69) is 22.1 Å². The zero-order valence-electron chi connectivity index (χ0n) is 14.2. The Labute approximate surface area is 151 Å². The van der Waals surface area contributed by atoms with E-state index in [-0.39, 0.29) is 5.91 Å². The first-order valence-corrected chi connectivity index (χ1v) is 9.13. The predicted molar refractivity (Wildman–Crippen MR) is 95.4 cm³/mol. The molecule has 1 heterocycles. The number of carbonyl (C=O) groups is 1. The lowest BCUT2D eigenvalue weighted by molar-refractivity contribution is -0.127. The van der Waals surface area contributed by atoms with Gasteiger partial charge in [0.1, 0.15) is 12.4 Å². The number of hydrogen-bond donors (Lipinski definition) is 0. The number of aromatic nitrogens is 4. The predicted octanol–water partition coefficient (Wildman–Crippen LogP) is 2.32. The average molecular weight is 359 g/mol. The van der Waals surface area contributed by atoms with Crippen molar-refractivity contribution in [3.63, 3.8) is 0 Å². The fraction of sp³-hybridized carbons (Fsp3) is 0.412. The van der Waals surface area contributed by atoms with E-state index in [9.17, 15) is 4.79 Å². The Morgan fingerprint density at radius 2 is 2.20 bits per heavy atom. The van der Waals surface area contributed by atoms with Crippen LogP contribution >= 0.6 is 11.8 Å². The third-order valence-electron chi connectivity index (χ3n) is 3.82. The summed E-state index contributed by atoms with van der Waals surface area (Å²) in [6, 6.07) is 8.13. The molecule has 0 radical (unpaired) electrons. The molecule has 3 rings (SSSR count). The van der Waals surface area contributed by atoms with Crippen LogP contribution in [0.4, 0.5) is 0 Å². The highest BCUT2D eigenvalue weighted by atomic mass is 32.2. The second kappa shape index (κ2) is 8.15. The van der Waals surface area contributed by atoms with Crippen LogP contribution in [0.1, 0.15) is 24.4 Å². The van der Waals surface area contributed by atoms with Gasteiger partial charge in [-0.05, 0) is 41.0 Å². The molecule has 1 aliphatic rings. The SMILES string of the molecule is C=CCOc1ccc(CN(C)C(=O)CSc2nnnn2C2CC2)cc1.